The molecule has 3 amide bonds. The number of unbranched alkanes of at least 4 members (excludes halogenated alkanes) is 6. The maximum atomic E-state index is 12.4. The first-order valence-electron chi connectivity index (χ1n) is 18.6. The molecule has 0 saturated carbocycles. The monoisotopic (exact) mass is 729 g/mol. The molecular formula is C37H67N3O11. The summed E-state index contributed by atoms with van der Waals surface area (Å²) in [6.07, 6.45) is 9.27. The summed E-state index contributed by atoms with van der Waals surface area (Å²) < 4.78 is 21.8. The number of amides is 3. The third kappa shape index (κ3) is 33.6. The number of rotatable bonds is 30. The minimum atomic E-state index is -1.10. The minimum Gasteiger partial charge on any atom is -0.481 e. The number of hydrogen-bond acceptors (Lipinski definition) is 10. The van der Waals surface area contributed by atoms with Gasteiger partial charge in [0.25, 0.3) is 0 Å². The highest BCUT2D eigenvalue weighted by molar-refractivity contribution is 5.87. The summed E-state index contributed by atoms with van der Waals surface area (Å²) in [4.78, 5) is 71.3. The minimum absolute atomic E-state index is 0.0685. The van der Waals surface area contributed by atoms with Gasteiger partial charge in [0.15, 0.2) is 0 Å². The lowest BCUT2D eigenvalue weighted by Crippen LogP contribution is -2.44. The van der Waals surface area contributed by atoms with Gasteiger partial charge in [-0.3, -0.25) is 24.0 Å². The standard InChI is InChI=1S/C37H67N3O11/c1-36(2,3)50-34(46)18-12-10-8-7-9-11-17-30(41)38-23-15-27-48-25-13-14-26-49-28-16-24-39-31(42)20-21-32(43)40-29(19-22-33(44)45)35(47)51-37(4,5)6/h29H,7-28H2,1-6H3,(H,38,41)(H,39,42)(H,40,43)(H,44,45)/t29-/m0/s1. The number of aliphatic carboxylic acids is 1. The lowest BCUT2D eigenvalue weighted by atomic mass is 10.1. The summed E-state index contributed by atoms with van der Waals surface area (Å²) in [6, 6.07) is -1.10. The largest absolute Gasteiger partial charge is 0.481 e. The highest BCUT2D eigenvalue weighted by Crippen LogP contribution is 2.13. The molecule has 0 fully saturated rings. The molecule has 0 aromatic carbocycles. The van der Waals surface area contributed by atoms with Gasteiger partial charge in [0.05, 0.1) is 0 Å². The van der Waals surface area contributed by atoms with Gasteiger partial charge in [0, 0.05) is 71.6 Å². The lowest BCUT2D eigenvalue weighted by molar-refractivity contribution is -0.159. The van der Waals surface area contributed by atoms with Crippen LogP contribution in [0.2, 0.25) is 0 Å². The second-order valence-corrected chi connectivity index (χ2v) is 14.6. The normalized spacial score (nSPS) is 12.1. The first-order valence-corrected chi connectivity index (χ1v) is 18.6. The first-order chi connectivity index (χ1) is 24.0. The SMILES string of the molecule is CC(C)(C)OC(=O)CCCCCCCCC(=O)NCCCOCCCCOCCCNC(=O)CCC(=O)N[C@@H](CCC(=O)O)C(=O)OC(C)(C)C. The zero-order chi connectivity index (χ0) is 38.5. The summed E-state index contributed by atoms with van der Waals surface area (Å²) in [5.41, 5.74) is -1.22. The van der Waals surface area contributed by atoms with Gasteiger partial charge in [-0.1, -0.05) is 25.7 Å². The van der Waals surface area contributed by atoms with Crippen molar-refractivity contribution >= 4 is 35.6 Å². The molecule has 14 heteroatoms. The highest BCUT2D eigenvalue weighted by Gasteiger charge is 2.27. The molecule has 0 aromatic heterocycles. The van der Waals surface area contributed by atoms with Crippen LogP contribution in [0.25, 0.3) is 0 Å². The predicted octanol–water partition coefficient (Wildman–Crippen LogP) is 4.75. The van der Waals surface area contributed by atoms with E-state index in [2.05, 4.69) is 16.0 Å². The Morgan fingerprint density at radius 2 is 0.980 bits per heavy atom. The van der Waals surface area contributed by atoms with Crippen molar-refractivity contribution in [1.82, 2.24) is 16.0 Å². The Balaban J connectivity index is 3.65. The average molecular weight is 730 g/mol. The van der Waals surface area contributed by atoms with Crippen LogP contribution in [0, 0.1) is 0 Å². The maximum Gasteiger partial charge on any atom is 0.329 e. The van der Waals surface area contributed by atoms with E-state index in [1.165, 1.54) is 0 Å². The van der Waals surface area contributed by atoms with Gasteiger partial charge in [-0.05, 0) is 86.5 Å². The molecule has 1 atom stereocenters. The van der Waals surface area contributed by atoms with Crippen molar-refractivity contribution in [3.8, 4) is 0 Å². The molecule has 0 saturated heterocycles. The van der Waals surface area contributed by atoms with E-state index < -0.39 is 35.1 Å². The molecule has 0 aliphatic carbocycles. The van der Waals surface area contributed by atoms with Crippen LogP contribution in [0.3, 0.4) is 0 Å². The van der Waals surface area contributed by atoms with Crippen LogP contribution in [0.5, 0.6) is 0 Å². The van der Waals surface area contributed by atoms with Crippen LogP contribution < -0.4 is 16.0 Å². The molecular weight excluding hydrogens is 662 g/mol. The summed E-state index contributed by atoms with van der Waals surface area (Å²) >= 11 is 0. The number of hydrogen-bond donors (Lipinski definition) is 4. The van der Waals surface area contributed by atoms with Crippen LogP contribution in [-0.2, 0) is 47.7 Å². The Morgan fingerprint density at radius 3 is 1.49 bits per heavy atom. The Kier molecular flexibility index (Phi) is 26.5. The van der Waals surface area contributed by atoms with E-state index in [0.717, 1.165) is 57.8 Å². The van der Waals surface area contributed by atoms with E-state index in [9.17, 15) is 28.8 Å². The fourth-order valence-electron chi connectivity index (χ4n) is 4.63. The van der Waals surface area contributed by atoms with Gasteiger partial charge >= 0.3 is 17.9 Å². The molecule has 14 nitrogen and oxygen atoms in total. The summed E-state index contributed by atoms with van der Waals surface area (Å²) in [5.74, 6) is -2.73. The second-order valence-electron chi connectivity index (χ2n) is 14.6. The fourth-order valence-corrected chi connectivity index (χ4v) is 4.63. The van der Waals surface area contributed by atoms with Gasteiger partial charge in [0.1, 0.15) is 17.2 Å². The predicted molar refractivity (Wildman–Crippen MR) is 193 cm³/mol. The molecule has 0 heterocycles. The fraction of sp³-hybridized carbons (Fsp3) is 0.838. The van der Waals surface area contributed by atoms with Crippen molar-refractivity contribution in [3.63, 3.8) is 0 Å². The Labute approximate surface area is 305 Å². The van der Waals surface area contributed by atoms with Crippen LogP contribution in [0.4, 0.5) is 0 Å². The van der Waals surface area contributed by atoms with Gasteiger partial charge < -0.3 is 40.0 Å². The van der Waals surface area contributed by atoms with Crippen molar-refractivity contribution in [3.05, 3.63) is 0 Å². The van der Waals surface area contributed by atoms with Crippen LogP contribution >= 0.6 is 0 Å². The van der Waals surface area contributed by atoms with E-state index in [1.54, 1.807) is 20.8 Å². The number of carboxylic acid groups (broad SMARTS) is 1. The Morgan fingerprint density at radius 1 is 0.529 bits per heavy atom. The lowest BCUT2D eigenvalue weighted by Gasteiger charge is -2.24. The van der Waals surface area contributed by atoms with E-state index >= 15 is 0 Å². The van der Waals surface area contributed by atoms with Gasteiger partial charge in [-0.15, -0.1) is 0 Å². The van der Waals surface area contributed by atoms with Gasteiger partial charge in [-0.2, -0.15) is 0 Å². The molecule has 0 aromatic rings. The molecule has 0 aliphatic heterocycles. The van der Waals surface area contributed by atoms with Crippen molar-refractivity contribution < 1.29 is 52.8 Å². The number of carbonyl (C=O) groups is 6. The van der Waals surface area contributed by atoms with Gasteiger partial charge in [0.2, 0.25) is 17.7 Å². The van der Waals surface area contributed by atoms with Gasteiger partial charge in [-0.25, -0.2) is 4.79 Å². The first kappa shape index (κ1) is 47.7. The van der Waals surface area contributed by atoms with Crippen molar-refractivity contribution in [2.75, 3.05) is 39.5 Å². The molecule has 296 valence electrons. The summed E-state index contributed by atoms with van der Waals surface area (Å²) in [5, 5.41) is 17.1. The molecule has 0 radical (unpaired) electrons. The van der Waals surface area contributed by atoms with E-state index in [1.807, 2.05) is 20.8 Å². The van der Waals surface area contributed by atoms with Crippen molar-refractivity contribution in [2.45, 2.75) is 162 Å². The number of nitrogens with one attached hydrogen (secondary N) is 3. The topological polar surface area (TPSA) is 196 Å². The smallest absolute Gasteiger partial charge is 0.329 e. The number of esters is 2. The van der Waals surface area contributed by atoms with Crippen LogP contribution in [0.15, 0.2) is 0 Å². The van der Waals surface area contributed by atoms with E-state index in [4.69, 9.17) is 24.1 Å². The molecule has 0 unspecified atom stereocenters. The molecule has 0 spiro atoms. The number of carboxylic acids is 1. The quantitative estimate of drug-likeness (QED) is 0.0589. The third-order valence-electron chi connectivity index (χ3n) is 7.11. The zero-order valence-corrected chi connectivity index (χ0v) is 32.2. The molecule has 0 bridgehead atoms. The average Bonchev–Trinajstić information content (AvgIpc) is 3.01. The number of carbonyl (C=O) groups excluding carboxylic acids is 5. The Hall–Kier alpha value is -3.26. The Bertz CT molecular complexity index is 1020. The van der Waals surface area contributed by atoms with Crippen molar-refractivity contribution in [2.24, 2.45) is 0 Å². The number of ether oxygens (including phenoxy) is 4. The molecule has 51 heavy (non-hydrogen) atoms. The molecule has 0 rings (SSSR count). The maximum absolute atomic E-state index is 12.4. The zero-order valence-electron chi connectivity index (χ0n) is 32.2. The second kappa shape index (κ2) is 28.3. The molecule has 0 aliphatic rings. The van der Waals surface area contributed by atoms with Crippen LogP contribution in [-0.4, -0.2) is 97.5 Å². The third-order valence-corrected chi connectivity index (χ3v) is 7.11. The van der Waals surface area contributed by atoms with E-state index in [-0.39, 0.29) is 43.5 Å². The van der Waals surface area contributed by atoms with Crippen molar-refractivity contribution in [1.29, 1.82) is 0 Å². The van der Waals surface area contributed by atoms with Crippen LogP contribution in [0.1, 0.15) is 144 Å². The summed E-state index contributed by atoms with van der Waals surface area (Å²) in [6.45, 7) is 13.9. The van der Waals surface area contributed by atoms with E-state index in [0.29, 0.717) is 58.8 Å². The molecule has 4 N–H and O–H groups in total. The summed E-state index contributed by atoms with van der Waals surface area (Å²) in [7, 11) is 0. The highest BCUT2D eigenvalue weighted by atomic mass is 16.6.